The summed E-state index contributed by atoms with van der Waals surface area (Å²) in [6.07, 6.45) is 0.892. The molecule has 0 amide bonds. The highest BCUT2D eigenvalue weighted by molar-refractivity contribution is 4.46. The van der Waals surface area contributed by atoms with Gasteiger partial charge in [-0.3, -0.25) is 0 Å². The standard InChI is InChI=1S/C7H18NO.H2O/c1-7(5-6-9)8(2,3)4;/h7,9H,5-6H2,1-4H3;1H2/q+1;/p-1. The Morgan fingerprint density at radius 1 is 1.30 bits per heavy atom. The highest BCUT2D eigenvalue weighted by atomic mass is 16.3. The highest BCUT2D eigenvalue weighted by Crippen LogP contribution is 2.04. The lowest BCUT2D eigenvalue weighted by molar-refractivity contribution is -0.894. The van der Waals surface area contributed by atoms with Gasteiger partial charge in [-0.2, -0.15) is 0 Å². The minimum absolute atomic E-state index is 0. The largest absolute Gasteiger partial charge is 0.870 e. The summed E-state index contributed by atoms with van der Waals surface area (Å²) < 4.78 is 0.931. The Labute approximate surface area is 63.2 Å². The molecule has 0 heterocycles. The van der Waals surface area contributed by atoms with Crippen LogP contribution in [-0.4, -0.2) is 48.9 Å². The fraction of sp³-hybridized carbons (Fsp3) is 1.00. The van der Waals surface area contributed by atoms with E-state index in [1.54, 1.807) is 0 Å². The van der Waals surface area contributed by atoms with Crippen molar-refractivity contribution in [2.75, 3.05) is 27.7 Å². The van der Waals surface area contributed by atoms with E-state index in [9.17, 15) is 0 Å². The summed E-state index contributed by atoms with van der Waals surface area (Å²) in [5.41, 5.74) is 0. The molecule has 1 atom stereocenters. The first-order valence-electron chi connectivity index (χ1n) is 3.40. The molecule has 1 unspecified atom stereocenters. The molecule has 0 aromatic heterocycles. The third kappa shape index (κ3) is 4.73. The van der Waals surface area contributed by atoms with Gasteiger partial charge >= 0.3 is 0 Å². The van der Waals surface area contributed by atoms with Crippen molar-refractivity contribution in [3.63, 3.8) is 0 Å². The second-order valence-corrected chi connectivity index (χ2v) is 3.48. The minimum Gasteiger partial charge on any atom is -0.870 e. The quantitative estimate of drug-likeness (QED) is 0.586. The summed E-state index contributed by atoms with van der Waals surface area (Å²) in [4.78, 5) is 0. The van der Waals surface area contributed by atoms with E-state index in [1.807, 2.05) is 0 Å². The lowest BCUT2D eigenvalue weighted by Crippen LogP contribution is -2.43. The monoisotopic (exact) mass is 149 g/mol. The topological polar surface area (TPSA) is 50.2 Å². The smallest absolute Gasteiger partial charge is 0.0877 e. The van der Waals surface area contributed by atoms with E-state index in [-0.39, 0.29) is 5.48 Å². The Bertz CT molecular complexity index is 78.2. The molecule has 0 saturated heterocycles. The van der Waals surface area contributed by atoms with Crippen molar-refractivity contribution in [1.29, 1.82) is 0 Å². The number of quaternary nitrogens is 1. The second kappa shape index (κ2) is 4.66. The highest BCUT2D eigenvalue weighted by Gasteiger charge is 2.16. The normalized spacial score (nSPS) is 14.1. The average molecular weight is 149 g/mol. The SMILES string of the molecule is CC(CCO)[N+](C)(C)C.[OH-]. The predicted octanol–water partition coefficient (Wildman–Crippen LogP) is 0.287. The van der Waals surface area contributed by atoms with Crippen molar-refractivity contribution >= 4 is 0 Å². The molecule has 64 valence electrons. The van der Waals surface area contributed by atoms with Gasteiger partial charge in [-0.25, -0.2) is 0 Å². The van der Waals surface area contributed by atoms with Crippen LogP contribution in [0.15, 0.2) is 0 Å². The van der Waals surface area contributed by atoms with Gasteiger partial charge in [-0.15, -0.1) is 0 Å². The van der Waals surface area contributed by atoms with E-state index in [1.165, 1.54) is 0 Å². The molecule has 3 nitrogen and oxygen atoms in total. The number of nitrogens with zero attached hydrogens (tertiary/aromatic N) is 1. The third-order valence-electron chi connectivity index (χ3n) is 1.87. The Kier molecular flexibility index (Phi) is 5.84. The van der Waals surface area contributed by atoms with Gasteiger partial charge in [0.05, 0.1) is 27.2 Å². The summed E-state index contributed by atoms with van der Waals surface area (Å²) >= 11 is 0. The van der Waals surface area contributed by atoms with Crippen LogP contribution in [0.3, 0.4) is 0 Å². The third-order valence-corrected chi connectivity index (χ3v) is 1.87. The second-order valence-electron chi connectivity index (χ2n) is 3.48. The molecule has 10 heavy (non-hydrogen) atoms. The van der Waals surface area contributed by atoms with Crippen molar-refractivity contribution < 1.29 is 15.1 Å². The molecular weight excluding hydrogens is 130 g/mol. The molecule has 0 bridgehead atoms. The zero-order valence-corrected chi connectivity index (χ0v) is 7.33. The summed E-state index contributed by atoms with van der Waals surface area (Å²) in [6, 6.07) is 0.551. The molecule has 0 aliphatic rings. The first-order valence-corrected chi connectivity index (χ1v) is 3.40. The Balaban J connectivity index is 0. The predicted molar refractivity (Wildman–Crippen MR) is 41.1 cm³/mol. The number of hydrogen-bond donors (Lipinski definition) is 1. The molecule has 0 aliphatic heterocycles. The maximum Gasteiger partial charge on any atom is 0.0877 e. The summed E-state index contributed by atoms with van der Waals surface area (Å²) in [5, 5.41) is 8.59. The molecule has 2 N–H and O–H groups in total. The first-order chi connectivity index (χ1) is 3.98. The average Bonchev–Trinajstić information content (AvgIpc) is 1.64. The number of aliphatic hydroxyl groups excluding tert-OH is 1. The molecular formula is C7H19NO2. The van der Waals surface area contributed by atoms with E-state index in [0.29, 0.717) is 12.6 Å². The van der Waals surface area contributed by atoms with Crippen molar-refractivity contribution in [3.05, 3.63) is 0 Å². The zero-order valence-electron chi connectivity index (χ0n) is 7.33. The number of hydrogen-bond acceptors (Lipinski definition) is 2. The Hall–Kier alpha value is -0.120. The Morgan fingerprint density at radius 2 is 1.70 bits per heavy atom. The molecule has 0 aromatic carbocycles. The van der Waals surface area contributed by atoms with Crippen LogP contribution in [0.4, 0.5) is 0 Å². The molecule has 0 aliphatic carbocycles. The van der Waals surface area contributed by atoms with Crippen LogP contribution in [0.1, 0.15) is 13.3 Å². The maximum atomic E-state index is 8.59. The lowest BCUT2D eigenvalue weighted by Gasteiger charge is -2.31. The first kappa shape index (κ1) is 12.5. The van der Waals surface area contributed by atoms with Crippen LogP contribution in [0.25, 0.3) is 0 Å². The van der Waals surface area contributed by atoms with E-state index in [2.05, 4.69) is 28.1 Å². The molecule has 0 aromatic rings. The van der Waals surface area contributed by atoms with Crippen molar-refractivity contribution in [2.24, 2.45) is 0 Å². The van der Waals surface area contributed by atoms with Crippen LogP contribution in [0, 0.1) is 0 Å². The van der Waals surface area contributed by atoms with E-state index in [4.69, 9.17) is 5.11 Å². The summed E-state index contributed by atoms with van der Waals surface area (Å²) in [6.45, 7) is 2.45. The van der Waals surface area contributed by atoms with Gasteiger partial charge in [-0.05, 0) is 6.92 Å². The summed E-state index contributed by atoms with van der Waals surface area (Å²) in [7, 11) is 6.42. The zero-order chi connectivity index (χ0) is 7.49. The maximum absolute atomic E-state index is 8.59. The van der Waals surface area contributed by atoms with E-state index in [0.717, 1.165) is 10.9 Å². The van der Waals surface area contributed by atoms with Gasteiger partial charge in [0.15, 0.2) is 0 Å². The lowest BCUT2D eigenvalue weighted by atomic mass is 10.2. The molecule has 0 spiro atoms. The minimum atomic E-state index is 0. The molecule has 0 fully saturated rings. The van der Waals surface area contributed by atoms with Crippen LogP contribution >= 0.6 is 0 Å². The molecule has 3 heteroatoms. The van der Waals surface area contributed by atoms with E-state index >= 15 is 0 Å². The van der Waals surface area contributed by atoms with Crippen LogP contribution in [-0.2, 0) is 0 Å². The van der Waals surface area contributed by atoms with E-state index < -0.39 is 0 Å². The van der Waals surface area contributed by atoms with Crippen molar-refractivity contribution in [3.8, 4) is 0 Å². The number of aliphatic hydroxyl groups is 1. The van der Waals surface area contributed by atoms with Crippen LogP contribution in [0.2, 0.25) is 0 Å². The fourth-order valence-corrected chi connectivity index (χ4v) is 0.574. The molecule has 0 rings (SSSR count). The fourth-order valence-electron chi connectivity index (χ4n) is 0.574. The van der Waals surface area contributed by atoms with Crippen LogP contribution < -0.4 is 0 Å². The van der Waals surface area contributed by atoms with Gasteiger partial charge in [0, 0.05) is 13.0 Å². The molecule has 0 radical (unpaired) electrons. The van der Waals surface area contributed by atoms with Gasteiger partial charge in [-0.1, -0.05) is 0 Å². The van der Waals surface area contributed by atoms with Gasteiger partial charge in [0.25, 0.3) is 0 Å². The number of rotatable bonds is 3. The van der Waals surface area contributed by atoms with Crippen molar-refractivity contribution in [1.82, 2.24) is 0 Å². The van der Waals surface area contributed by atoms with Gasteiger partial charge < -0.3 is 15.1 Å². The van der Waals surface area contributed by atoms with Crippen molar-refractivity contribution in [2.45, 2.75) is 19.4 Å². The summed E-state index contributed by atoms with van der Waals surface area (Å²) in [5.74, 6) is 0. The van der Waals surface area contributed by atoms with Crippen LogP contribution in [0.5, 0.6) is 0 Å². The Morgan fingerprint density at radius 3 is 1.80 bits per heavy atom. The van der Waals surface area contributed by atoms with Gasteiger partial charge in [0.2, 0.25) is 0 Å². The molecule has 0 saturated carbocycles. The van der Waals surface area contributed by atoms with Gasteiger partial charge in [0.1, 0.15) is 0 Å².